The minimum Gasteiger partial charge on any atom is -0.196 e. The van der Waals surface area contributed by atoms with E-state index in [4.69, 9.17) is 0 Å². The summed E-state index contributed by atoms with van der Waals surface area (Å²) in [7, 11) is -1.60. The Labute approximate surface area is 74.1 Å². The van der Waals surface area contributed by atoms with Crippen LogP contribution in [0.3, 0.4) is 0 Å². The predicted molar refractivity (Wildman–Crippen MR) is 48.0 cm³/mol. The largest absolute Gasteiger partial charge is 0.279 e. The van der Waals surface area contributed by atoms with Crippen LogP contribution in [0, 0.1) is 0 Å². The van der Waals surface area contributed by atoms with Crippen molar-refractivity contribution < 1.29 is 8.42 Å². The molecule has 5 heteroatoms. The summed E-state index contributed by atoms with van der Waals surface area (Å²) in [6.45, 7) is 4.55. The predicted octanol–water partition coefficient (Wildman–Crippen LogP) is 0.325. The maximum absolute atomic E-state index is 11.4. The van der Waals surface area contributed by atoms with Gasteiger partial charge in [0.15, 0.2) is 0 Å². The van der Waals surface area contributed by atoms with Crippen molar-refractivity contribution in [1.29, 1.82) is 0 Å². The van der Waals surface area contributed by atoms with E-state index in [9.17, 15) is 8.42 Å². The third-order valence-corrected chi connectivity index (χ3v) is 4.30. The number of nitrogens with one attached hydrogen (secondary N) is 1. The minimum atomic E-state index is -3.20. The van der Waals surface area contributed by atoms with E-state index in [1.165, 1.54) is 4.31 Å². The second kappa shape index (κ2) is 2.97. The molecule has 0 amide bonds. The summed E-state index contributed by atoms with van der Waals surface area (Å²) in [4.78, 5) is 0. The SMILES string of the molecule is CCC1(C)CCN(C)S(=O)(=O)N1. The van der Waals surface area contributed by atoms with Gasteiger partial charge in [0.25, 0.3) is 10.2 Å². The molecule has 1 N–H and O–H groups in total. The molecule has 0 aromatic rings. The van der Waals surface area contributed by atoms with E-state index in [0.717, 1.165) is 12.8 Å². The third-order valence-electron chi connectivity index (χ3n) is 2.54. The van der Waals surface area contributed by atoms with E-state index in [1.807, 2.05) is 13.8 Å². The Hall–Kier alpha value is -0.130. The lowest BCUT2D eigenvalue weighted by Crippen LogP contribution is -2.56. The Morgan fingerprint density at radius 1 is 1.58 bits per heavy atom. The van der Waals surface area contributed by atoms with E-state index in [1.54, 1.807) is 7.05 Å². The smallest absolute Gasteiger partial charge is 0.196 e. The summed E-state index contributed by atoms with van der Waals surface area (Å²) in [5, 5.41) is 0. The van der Waals surface area contributed by atoms with Gasteiger partial charge in [-0.25, -0.2) is 0 Å². The van der Waals surface area contributed by atoms with Gasteiger partial charge < -0.3 is 0 Å². The molecule has 1 heterocycles. The van der Waals surface area contributed by atoms with Crippen molar-refractivity contribution in [2.24, 2.45) is 0 Å². The van der Waals surface area contributed by atoms with Gasteiger partial charge >= 0.3 is 0 Å². The Bertz CT molecular complexity index is 263. The first-order valence-corrected chi connectivity index (χ1v) is 5.59. The van der Waals surface area contributed by atoms with Gasteiger partial charge in [0.1, 0.15) is 0 Å². The average molecular weight is 192 g/mol. The Morgan fingerprint density at radius 3 is 2.58 bits per heavy atom. The zero-order valence-electron chi connectivity index (χ0n) is 7.79. The zero-order chi connectivity index (χ0) is 9.41. The van der Waals surface area contributed by atoms with Crippen LogP contribution in [-0.2, 0) is 10.2 Å². The van der Waals surface area contributed by atoms with Crippen molar-refractivity contribution >= 4 is 10.2 Å². The number of hydrogen-bond donors (Lipinski definition) is 1. The summed E-state index contributed by atoms with van der Waals surface area (Å²) in [5.41, 5.74) is -0.245. The normalized spacial score (nSPS) is 36.6. The highest BCUT2D eigenvalue weighted by Crippen LogP contribution is 2.21. The average Bonchev–Trinajstić information content (AvgIpc) is 1.97. The molecule has 72 valence electrons. The highest BCUT2D eigenvalue weighted by Gasteiger charge is 2.35. The maximum Gasteiger partial charge on any atom is 0.279 e. The molecule has 1 fully saturated rings. The van der Waals surface area contributed by atoms with Crippen LogP contribution in [0.4, 0.5) is 0 Å². The third kappa shape index (κ3) is 1.78. The molecule has 1 unspecified atom stereocenters. The van der Waals surface area contributed by atoms with Crippen LogP contribution in [0.25, 0.3) is 0 Å². The topological polar surface area (TPSA) is 49.4 Å². The van der Waals surface area contributed by atoms with Crippen LogP contribution in [0.1, 0.15) is 26.7 Å². The lowest BCUT2D eigenvalue weighted by molar-refractivity contribution is 0.291. The van der Waals surface area contributed by atoms with Crippen LogP contribution >= 0.6 is 0 Å². The van der Waals surface area contributed by atoms with Gasteiger partial charge in [-0.15, -0.1) is 0 Å². The maximum atomic E-state index is 11.4. The second-order valence-electron chi connectivity index (χ2n) is 3.59. The second-order valence-corrected chi connectivity index (χ2v) is 5.37. The molecule has 0 radical (unpaired) electrons. The quantitative estimate of drug-likeness (QED) is 0.650. The van der Waals surface area contributed by atoms with Crippen molar-refractivity contribution in [2.75, 3.05) is 13.6 Å². The first-order valence-electron chi connectivity index (χ1n) is 4.15. The first-order chi connectivity index (χ1) is 5.40. The molecule has 0 aromatic carbocycles. The minimum absolute atomic E-state index is 0.245. The molecule has 1 rings (SSSR count). The van der Waals surface area contributed by atoms with Gasteiger partial charge in [0.05, 0.1) is 0 Å². The van der Waals surface area contributed by atoms with E-state index >= 15 is 0 Å². The van der Waals surface area contributed by atoms with Gasteiger partial charge in [-0.05, 0) is 19.8 Å². The lowest BCUT2D eigenvalue weighted by Gasteiger charge is -2.37. The standard InChI is InChI=1S/C7H16N2O2S/c1-4-7(2)5-6-9(3)12(10,11)8-7/h8H,4-6H2,1-3H3. The summed E-state index contributed by atoms with van der Waals surface area (Å²) >= 11 is 0. The molecule has 4 nitrogen and oxygen atoms in total. The fourth-order valence-corrected chi connectivity index (χ4v) is 2.57. The van der Waals surface area contributed by atoms with Crippen molar-refractivity contribution in [1.82, 2.24) is 9.03 Å². The molecule has 0 bridgehead atoms. The van der Waals surface area contributed by atoms with Crippen LogP contribution in [-0.4, -0.2) is 31.9 Å². The molecule has 1 saturated heterocycles. The van der Waals surface area contributed by atoms with Crippen molar-refractivity contribution in [3.63, 3.8) is 0 Å². The van der Waals surface area contributed by atoms with E-state index in [2.05, 4.69) is 4.72 Å². The van der Waals surface area contributed by atoms with E-state index in [-0.39, 0.29) is 5.54 Å². The summed E-state index contributed by atoms with van der Waals surface area (Å²) in [6.07, 6.45) is 1.71. The summed E-state index contributed by atoms with van der Waals surface area (Å²) in [6, 6.07) is 0. The molecule has 12 heavy (non-hydrogen) atoms. The van der Waals surface area contributed by atoms with Crippen molar-refractivity contribution in [3.8, 4) is 0 Å². The monoisotopic (exact) mass is 192 g/mol. The Balaban J connectivity index is 2.83. The van der Waals surface area contributed by atoms with Gasteiger partial charge in [0.2, 0.25) is 0 Å². The van der Waals surface area contributed by atoms with Gasteiger partial charge in [-0.3, -0.25) is 0 Å². The van der Waals surface area contributed by atoms with Crippen LogP contribution in [0.15, 0.2) is 0 Å². The van der Waals surface area contributed by atoms with Gasteiger partial charge in [-0.1, -0.05) is 6.92 Å². The molecule has 1 aliphatic rings. The lowest BCUT2D eigenvalue weighted by atomic mass is 9.96. The summed E-state index contributed by atoms with van der Waals surface area (Å²) < 4.78 is 26.8. The Morgan fingerprint density at radius 2 is 2.17 bits per heavy atom. The fraction of sp³-hybridized carbons (Fsp3) is 1.00. The molecule has 1 atom stereocenters. The van der Waals surface area contributed by atoms with Crippen LogP contribution in [0.2, 0.25) is 0 Å². The fourth-order valence-electron chi connectivity index (χ4n) is 1.21. The van der Waals surface area contributed by atoms with Gasteiger partial charge in [-0.2, -0.15) is 17.4 Å². The van der Waals surface area contributed by atoms with E-state index in [0.29, 0.717) is 6.54 Å². The molecule has 0 aromatic heterocycles. The molecule has 0 saturated carbocycles. The van der Waals surface area contributed by atoms with Gasteiger partial charge in [0, 0.05) is 19.1 Å². The zero-order valence-corrected chi connectivity index (χ0v) is 8.61. The highest BCUT2D eigenvalue weighted by molar-refractivity contribution is 7.87. The molecular weight excluding hydrogens is 176 g/mol. The van der Waals surface area contributed by atoms with Crippen molar-refractivity contribution in [3.05, 3.63) is 0 Å². The number of hydrogen-bond acceptors (Lipinski definition) is 2. The molecule has 0 aliphatic carbocycles. The summed E-state index contributed by atoms with van der Waals surface area (Å²) in [5.74, 6) is 0. The molecule has 1 aliphatic heterocycles. The van der Waals surface area contributed by atoms with Crippen LogP contribution in [0.5, 0.6) is 0 Å². The van der Waals surface area contributed by atoms with E-state index < -0.39 is 10.2 Å². The number of rotatable bonds is 1. The first kappa shape index (κ1) is 9.95. The van der Waals surface area contributed by atoms with Crippen LogP contribution < -0.4 is 4.72 Å². The molecular formula is C7H16N2O2S. The number of nitrogens with zero attached hydrogens (tertiary/aromatic N) is 1. The highest BCUT2D eigenvalue weighted by atomic mass is 32.2. The van der Waals surface area contributed by atoms with Crippen molar-refractivity contribution in [2.45, 2.75) is 32.2 Å². The Kier molecular flexibility index (Phi) is 2.47. The molecule has 0 spiro atoms.